The Hall–Kier alpha value is -4.08. The first-order chi connectivity index (χ1) is 13.5. The van der Waals surface area contributed by atoms with E-state index in [1.807, 2.05) is 0 Å². The fourth-order valence-electron chi connectivity index (χ4n) is 2.56. The molecule has 0 unspecified atom stereocenters. The van der Waals surface area contributed by atoms with Crippen LogP contribution in [0.25, 0.3) is 16.9 Å². The summed E-state index contributed by atoms with van der Waals surface area (Å²) >= 11 is 0. The summed E-state index contributed by atoms with van der Waals surface area (Å²) in [7, 11) is 0. The Morgan fingerprint density at radius 3 is 2.57 bits per heavy atom. The van der Waals surface area contributed by atoms with Crippen LogP contribution in [0.4, 0.5) is 8.87 Å². The maximum atomic E-state index is 14.8. The molecule has 0 atom stereocenters. The van der Waals surface area contributed by atoms with Gasteiger partial charge in [-0.1, -0.05) is 22.7 Å². The van der Waals surface area contributed by atoms with Gasteiger partial charge in [-0.15, -0.1) is 4.79 Å². The highest BCUT2D eigenvalue weighted by Gasteiger charge is 2.20. The molecule has 4 rings (SSSR count). The Balaban J connectivity index is 1.85. The average Bonchev–Trinajstić information content (AvgIpc) is 3.18. The first kappa shape index (κ1) is 17.3. The smallest absolute Gasteiger partial charge is 0.338 e. The number of carboxylic acids is 1. The molecule has 0 radical (unpaired) electrons. The normalized spacial score (nSPS) is 10.9. The first-order valence-corrected chi connectivity index (χ1v) is 7.88. The van der Waals surface area contributed by atoms with E-state index in [9.17, 15) is 18.5 Å². The molecule has 2 aromatic carbocycles. The van der Waals surface area contributed by atoms with Crippen LogP contribution >= 0.6 is 0 Å². The number of hydrogen-bond donors (Lipinski definition) is 1. The lowest BCUT2D eigenvalue weighted by molar-refractivity contribution is 0.0697. The highest BCUT2D eigenvalue weighted by molar-refractivity contribution is 5.87. The highest BCUT2D eigenvalue weighted by atomic mass is 19.2. The Labute approximate surface area is 154 Å². The Kier molecular flexibility index (Phi) is 4.07. The third kappa shape index (κ3) is 2.86. The number of nitrogens with zero attached hydrogens (tertiary/aromatic N) is 4. The molecular weight excluding hydrogens is 374 g/mol. The van der Waals surface area contributed by atoms with Gasteiger partial charge in [0.05, 0.1) is 17.3 Å². The first-order valence-electron chi connectivity index (χ1n) is 7.88. The molecule has 0 saturated heterocycles. The van der Waals surface area contributed by atoms with Gasteiger partial charge >= 0.3 is 5.97 Å². The van der Waals surface area contributed by atoms with Gasteiger partial charge in [-0.25, -0.2) is 18.9 Å². The summed E-state index contributed by atoms with van der Waals surface area (Å²) in [6.07, 6.45) is 1.95. The van der Waals surface area contributed by atoms with E-state index in [1.165, 1.54) is 12.1 Å². The number of aromatic nitrogens is 4. The fraction of sp³-hybridized carbons (Fsp3) is 0. The topological polar surface area (TPSA) is 99.2 Å². The van der Waals surface area contributed by atoms with E-state index < -0.39 is 33.5 Å². The van der Waals surface area contributed by atoms with E-state index in [2.05, 4.69) is 10.1 Å². The Bertz CT molecular complexity index is 1270. The minimum absolute atomic E-state index is 0.140. The number of benzene rings is 2. The summed E-state index contributed by atoms with van der Waals surface area (Å²) in [6, 6.07) is 10.9. The second-order valence-corrected chi connectivity index (χ2v) is 5.66. The number of para-hydroxylation sites is 1. The number of carbonyl (C=O) groups is 1. The van der Waals surface area contributed by atoms with Crippen LogP contribution in [0, 0.1) is 5.82 Å². The predicted octanol–water partition coefficient (Wildman–Crippen LogP) is 2.94. The molecule has 0 bridgehead atoms. The molecule has 140 valence electrons. The van der Waals surface area contributed by atoms with Crippen molar-refractivity contribution in [3.05, 3.63) is 76.6 Å². The van der Waals surface area contributed by atoms with Gasteiger partial charge in [0, 0.05) is 6.20 Å². The Morgan fingerprint density at radius 1 is 1.14 bits per heavy atom. The van der Waals surface area contributed by atoms with Gasteiger partial charge in [0.15, 0.2) is 11.6 Å². The van der Waals surface area contributed by atoms with E-state index in [0.29, 0.717) is 5.75 Å². The third-order valence-corrected chi connectivity index (χ3v) is 3.88. The molecule has 0 fully saturated rings. The Morgan fingerprint density at radius 2 is 1.89 bits per heavy atom. The van der Waals surface area contributed by atoms with Gasteiger partial charge in [-0.05, 0) is 24.3 Å². The van der Waals surface area contributed by atoms with Crippen LogP contribution in [0.1, 0.15) is 10.4 Å². The number of carboxylic acid groups (broad SMARTS) is 1. The second kappa shape index (κ2) is 6.58. The van der Waals surface area contributed by atoms with Crippen LogP contribution < -0.4 is 10.3 Å². The number of hydrogen-bond acceptors (Lipinski definition) is 5. The molecule has 1 N–H and O–H groups in total. The van der Waals surface area contributed by atoms with Gasteiger partial charge in [0.2, 0.25) is 0 Å². The van der Waals surface area contributed by atoms with Gasteiger partial charge in [0.25, 0.3) is 11.5 Å². The van der Waals surface area contributed by atoms with E-state index in [0.717, 1.165) is 17.1 Å². The molecule has 28 heavy (non-hydrogen) atoms. The SMILES string of the molecule is O=C(O)c1cnn(-c2nc3ccc(Oc4ccccc4)c(F)c3c(=O)n2F)c1. The van der Waals surface area contributed by atoms with E-state index in [4.69, 9.17) is 9.84 Å². The van der Waals surface area contributed by atoms with Crippen molar-refractivity contribution in [3.8, 4) is 17.4 Å². The van der Waals surface area contributed by atoms with Crippen molar-refractivity contribution in [2.75, 3.05) is 0 Å². The fourth-order valence-corrected chi connectivity index (χ4v) is 2.56. The molecule has 0 spiro atoms. The van der Waals surface area contributed by atoms with E-state index in [1.54, 1.807) is 30.3 Å². The summed E-state index contributed by atoms with van der Waals surface area (Å²) in [5.41, 5.74) is -1.69. The molecule has 8 nitrogen and oxygen atoms in total. The molecule has 0 aliphatic heterocycles. The largest absolute Gasteiger partial charge is 0.478 e. The zero-order chi connectivity index (χ0) is 19.8. The van der Waals surface area contributed by atoms with Crippen molar-refractivity contribution in [1.82, 2.24) is 19.6 Å². The van der Waals surface area contributed by atoms with Gasteiger partial charge in [0.1, 0.15) is 11.1 Å². The quantitative estimate of drug-likeness (QED) is 0.581. The maximum absolute atomic E-state index is 14.8. The van der Waals surface area contributed by atoms with Crippen LogP contribution in [0.2, 0.25) is 0 Å². The summed E-state index contributed by atoms with van der Waals surface area (Å²) < 4.78 is 35.5. The molecule has 0 aliphatic carbocycles. The number of rotatable bonds is 4. The second-order valence-electron chi connectivity index (χ2n) is 5.66. The monoisotopic (exact) mass is 384 g/mol. The minimum Gasteiger partial charge on any atom is -0.478 e. The van der Waals surface area contributed by atoms with Crippen LogP contribution in [0.3, 0.4) is 0 Å². The van der Waals surface area contributed by atoms with Crippen LogP contribution in [-0.2, 0) is 0 Å². The molecule has 2 heterocycles. The molecule has 10 heteroatoms. The molecule has 0 saturated carbocycles. The summed E-state index contributed by atoms with van der Waals surface area (Å²) in [6.45, 7) is 0. The standard InChI is InChI=1S/C18H10F2N4O4/c19-15-13(28-11-4-2-1-3-5-11)7-6-12-14(15)16(25)24(20)18(22-12)23-9-10(8-21-23)17(26)27/h1-9H,(H,26,27). The number of ether oxygens (including phenoxy) is 1. The lowest BCUT2D eigenvalue weighted by Gasteiger charge is -2.10. The summed E-state index contributed by atoms with van der Waals surface area (Å²) in [5, 5.41) is 12.0. The number of halogens is 2. The molecule has 4 aromatic rings. The van der Waals surface area contributed by atoms with Crippen molar-refractivity contribution in [1.29, 1.82) is 0 Å². The predicted molar refractivity (Wildman–Crippen MR) is 93.1 cm³/mol. The zero-order valence-corrected chi connectivity index (χ0v) is 13.9. The van der Waals surface area contributed by atoms with Crippen molar-refractivity contribution < 1.29 is 23.5 Å². The van der Waals surface area contributed by atoms with Crippen molar-refractivity contribution >= 4 is 16.9 Å². The lowest BCUT2D eigenvalue weighted by atomic mass is 10.2. The van der Waals surface area contributed by atoms with E-state index in [-0.39, 0.29) is 16.8 Å². The molecular formula is C18H10F2N4O4. The third-order valence-electron chi connectivity index (χ3n) is 3.88. The van der Waals surface area contributed by atoms with Crippen LogP contribution in [-0.4, -0.2) is 30.6 Å². The zero-order valence-electron chi connectivity index (χ0n) is 13.9. The summed E-state index contributed by atoms with van der Waals surface area (Å²) in [4.78, 5) is 26.8. The highest BCUT2D eigenvalue weighted by Crippen LogP contribution is 2.28. The van der Waals surface area contributed by atoms with Crippen molar-refractivity contribution in [2.24, 2.45) is 0 Å². The molecule has 2 aromatic heterocycles. The number of fused-ring (bicyclic) bond motifs is 1. The van der Waals surface area contributed by atoms with Gasteiger partial charge < -0.3 is 9.84 Å². The summed E-state index contributed by atoms with van der Waals surface area (Å²) in [5.74, 6) is -2.89. The number of aromatic carboxylic acids is 1. The van der Waals surface area contributed by atoms with Crippen molar-refractivity contribution in [2.45, 2.75) is 0 Å². The van der Waals surface area contributed by atoms with Gasteiger partial charge in [-0.2, -0.15) is 5.10 Å². The average molecular weight is 384 g/mol. The van der Waals surface area contributed by atoms with Crippen LogP contribution in [0.15, 0.2) is 59.7 Å². The maximum Gasteiger partial charge on any atom is 0.338 e. The van der Waals surface area contributed by atoms with E-state index >= 15 is 0 Å². The van der Waals surface area contributed by atoms with Crippen molar-refractivity contribution in [3.63, 3.8) is 0 Å². The molecule has 0 aliphatic rings. The minimum atomic E-state index is -1.32. The van der Waals surface area contributed by atoms with Crippen LogP contribution in [0.5, 0.6) is 11.5 Å². The van der Waals surface area contributed by atoms with Gasteiger partial charge in [-0.3, -0.25) is 4.79 Å². The lowest BCUT2D eigenvalue weighted by Crippen LogP contribution is -2.22. The molecule has 0 amide bonds.